The van der Waals surface area contributed by atoms with E-state index >= 15 is 0 Å². The molecule has 0 aromatic carbocycles. The van der Waals surface area contributed by atoms with Crippen LogP contribution in [-0.4, -0.2) is 40.2 Å². The molecule has 1 atom stereocenters. The van der Waals surface area contributed by atoms with Gasteiger partial charge in [-0.25, -0.2) is 9.78 Å². The van der Waals surface area contributed by atoms with Gasteiger partial charge in [0.25, 0.3) is 0 Å². The first-order valence-corrected chi connectivity index (χ1v) is 5.23. The summed E-state index contributed by atoms with van der Waals surface area (Å²) in [5.74, 6) is -1.31. The van der Waals surface area contributed by atoms with E-state index in [9.17, 15) is 9.59 Å². The van der Waals surface area contributed by atoms with Crippen molar-refractivity contribution < 1.29 is 19.8 Å². The molecule has 0 aliphatic carbocycles. The minimum Gasteiger partial charge on any atom is -0.478 e. The summed E-state index contributed by atoms with van der Waals surface area (Å²) in [7, 11) is 0. The van der Waals surface area contributed by atoms with Crippen LogP contribution < -0.4 is 4.90 Å². The Morgan fingerprint density at radius 2 is 2.35 bits per heavy atom. The van der Waals surface area contributed by atoms with Crippen molar-refractivity contribution in [2.24, 2.45) is 5.92 Å². The van der Waals surface area contributed by atoms with Gasteiger partial charge in [-0.05, 0) is 12.1 Å². The Kier molecular flexibility index (Phi) is 3.06. The zero-order valence-corrected chi connectivity index (χ0v) is 9.04. The van der Waals surface area contributed by atoms with Gasteiger partial charge in [-0.3, -0.25) is 9.69 Å². The lowest BCUT2D eigenvalue weighted by atomic mass is 10.1. The number of amides is 1. The predicted molar refractivity (Wildman–Crippen MR) is 58.7 cm³/mol. The number of aliphatic hydroxyl groups is 1. The number of carboxylic acids is 1. The fourth-order valence-electron chi connectivity index (χ4n) is 1.89. The lowest BCUT2D eigenvalue weighted by Crippen LogP contribution is -2.27. The number of hydrogen-bond donors (Lipinski definition) is 2. The van der Waals surface area contributed by atoms with Gasteiger partial charge >= 0.3 is 5.97 Å². The molecular weight excluding hydrogens is 224 g/mol. The highest BCUT2D eigenvalue weighted by Crippen LogP contribution is 2.25. The van der Waals surface area contributed by atoms with Gasteiger partial charge in [0, 0.05) is 31.7 Å². The van der Waals surface area contributed by atoms with Crippen LogP contribution >= 0.6 is 0 Å². The van der Waals surface area contributed by atoms with E-state index in [4.69, 9.17) is 10.2 Å². The van der Waals surface area contributed by atoms with Gasteiger partial charge in [-0.1, -0.05) is 0 Å². The van der Waals surface area contributed by atoms with Crippen LogP contribution in [0.1, 0.15) is 16.8 Å². The van der Waals surface area contributed by atoms with Crippen LogP contribution in [0.4, 0.5) is 5.82 Å². The highest BCUT2D eigenvalue weighted by molar-refractivity contribution is 6.01. The van der Waals surface area contributed by atoms with E-state index in [1.54, 1.807) is 0 Å². The van der Waals surface area contributed by atoms with Gasteiger partial charge in [-0.2, -0.15) is 0 Å². The first-order valence-electron chi connectivity index (χ1n) is 5.23. The topological polar surface area (TPSA) is 90.7 Å². The number of anilines is 1. The molecule has 1 amide bonds. The van der Waals surface area contributed by atoms with E-state index in [-0.39, 0.29) is 36.2 Å². The zero-order valence-electron chi connectivity index (χ0n) is 9.04. The summed E-state index contributed by atoms with van der Waals surface area (Å²) in [6.45, 7) is 0.226. The third kappa shape index (κ3) is 2.12. The fourth-order valence-corrected chi connectivity index (χ4v) is 1.89. The molecule has 0 spiro atoms. The number of aliphatic hydroxyl groups excluding tert-OH is 1. The Labute approximate surface area is 97.5 Å². The molecule has 1 saturated heterocycles. The van der Waals surface area contributed by atoms with Crippen molar-refractivity contribution in [3.05, 3.63) is 23.9 Å². The van der Waals surface area contributed by atoms with Crippen LogP contribution in [0.3, 0.4) is 0 Å². The number of carbonyl (C=O) groups is 2. The van der Waals surface area contributed by atoms with Crippen molar-refractivity contribution in [3.8, 4) is 0 Å². The van der Waals surface area contributed by atoms with E-state index in [1.165, 1.54) is 23.2 Å². The maximum Gasteiger partial charge on any atom is 0.339 e. The van der Waals surface area contributed by atoms with Crippen molar-refractivity contribution in [2.75, 3.05) is 18.1 Å². The largest absolute Gasteiger partial charge is 0.478 e. The number of carboxylic acid groups (broad SMARTS) is 1. The van der Waals surface area contributed by atoms with Crippen LogP contribution in [0, 0.1) is 5.92 Å². The molecule has 90 valence electrons. The molecule has 1 aliphatic heterocycles. The third-order valence-electron chi connectivity index (χ3n) is 2.74. The Hall–Kier alpha value is -1.95. The van der Waals surface area contributed by atoms with Crippen molar-refractivity contribution in [1.29, 1.82) is 0 Å². The minimum absolute atomic E-state index is 0.000519. The maximum atomic E-state index is 11.7. The number of hydrogen-bond acceptors (Lipinski definition) is 4. The molecule has 1 fully saturated rings. The second-order valence-corrected chi connectivity index (χ2v) is 3.94. The molecule has 0 bridgehead atoms. The Bertz CT molecular complexity index is 461. The Morgan fingerprint density at radius 3 is 2.94 bits per heavy atom. The molecule has 0 saturated carbocycles. The van der Waals surface area contributed by atoms with E-state index in [0.717, 1.165) is 0 Å². The van der Waals surface area contributed by atoms with Crippen LogP contribution in [0.15, 0.2) is 18.3 Å². The van der Waals surface area contributed by atoms with Crippen LogP contribution in [0.25, 0.3) is 0 Å². The molecule has 2 N–H and O–H groups in total. The molecule has 1 aliphatic rings. The molecule has 1 aromatic rings. The van der Waals surface area contributed by atoms with Gasteiger partial charge < -0.3 is 10.2 Å². The molecule has 2 heterocycles. The number of carbonyl (C=O) groups excluding carboxylic acids is 1. The summed E-state index contributed by atoms with van der Waals surface area (Å²) >= 11 is 0. The monoisotopic (exact) mass is 236 g/mol. The SMILES string of the molecule is O=C(O)c1cccnc1N1CC(CO)CC1=O. The van der Waals surface area contributed by atoms with Gasteiger partial charge in [0.1, 0.15) is 11.4 Å². The average molecular weight is 236 g/mol. The van der Waals surface area contributed by atoms with E-state index in [2.05, 4.69) is 4.98 Å². The molecule has 0 radical (unpaired) electrons. The molecule has 2 rings (SSSR count). The summed E-state index contributed by atoms with van der Waals surface area (Å²) in [5.41, 5.74) is -0.000519. The lowest BCUT2D eigenvalue weighted by molar-refractivity contribution is -0.117. The van der Waals surface area contributed by atoms with E-state index in [0.29, 0.717) is 6.54 Å². The van der Waals surface area contributed by atoms with Crippen molar-refractivity contribution in [1.82, 2.24) is 4.98 Å². The lowest BCUT2D eigenvalue weighted by Gasteiger charge is -2.16. The molecule has 6 nitrogen and oxygen atoms in total. The number of pyridine rings is 1. The van der Waals surface area contributed by atoms with Crippen molar-refractivity contribution in [2.45, 2.75) is 6.42 Å². The van der Waals surface area contributed by atoms with E-state index in [1.807, 2.05) is 0 Å². The predicted octanol–water partition coefficient (Wildman–Crippen LogP) is 0.125. The van der Waals surface area contributed by atoms with Crippen molar-refractivity contribution >= 4 is 17.7 Å². The molecular formula is C11H12N2O4. The quantitative estimate of drug-likeness (QED) is 0.778. The van der Waals surface area contributed by atoms with E-state index < -0.39 is 5.97 Å². The first-order chi connectivity index (χ1) is 8.13. The smallest absolute Gasteiger partial charge is 0.339 e. The second kappa shape index (κ2) is 4.50. The summed E-state index contributed by atoms with van der Waals surface area (Å²) in [5, 5.41) is 18.0. The fraction of sp³-hybridized carbons (Fsp3) is 0.364. The number of rotatable bonds is 3. The minimum atomic E-state index is -1.12. The van der Waals surface area contributed by atoms with Gasteiger partial charge in [0.05, 0.1) is 0 Å². The normalized spacial score (nSPS) is 19.7. The number of aromatic carboxylic acids is 1. The third-order valence-corrected chi connectivity index (χ3v) is 2.74. The summed E-state index contributed by atoms with van der Waals surface area (Å²) < 4.78 is 0. The highest BCUT2D eigenvalue weighted by Gasteiger charge is 2.32. The first kappa shape index (κ1) is 11.5. The number of nitrogens with zero attached hydrogens (tertiary/aromatic N) is 2. The molecule has 1 unspecified atom stereocenters. The molecule has 1 aromatic heterocycles. The molecule has 6 heteroatoms. The van der Waals surface area contributed by atoms with Crippen molar-refractivity contribution in [3.63, 3.8) is 0 Å². The van der Waals surface area contributed by atoms with Gasteiger partial charge in [0.2, 0.25) is 5.91 Å². The standard InChI is InChI=1S/C11H12N2O4/c14-6-7-4-9(15)13(5-7)10-8(11(16)17)2-1-3-12-10/h1-3,7,14H,4-6H2,(H,16,17). The van der Waals surface area contributed by atoms with Gasteiger partial charge in [-0.15, -0.1) is 0 Å². The summed E-state index contributed by atoms with van der Waals surface area (Å²) in [6, 6.07) is 2.92. The Balaban J connectivity index is 2.35. The summed E-state index contributed by atoms with van der Waals surface area (Å²) in [4.78, 5) is 28.0. The van der Waals surface area contributed by atoms with Gasteiger partial charge in [0.15, 0.2) is 0 Å². The summed E-state index contributed by atoms with van der Waals surface area (Å²) in [6.07, 6.45) is 1.67. The van der Waals surface area contributed by atoms with Crippen LogP contribution in [0.2, 0.25) is 0 Å². The number of aromatic nitrogens is 1. The maximum absolute atomic E-state index is 11.7. The Morgan fingerprint density at radius 1 is 1.59 bits per heavy atom. The second-order valence-electron chi connectivity index (χ2n) is 3.94. The zero-order chi connectivity index (χ0) is 12.4. The average Bonchev–Trinajstić information content (AvgIpc) is 2.70. The van der Waals surface area contributed by atoms with Crippen LogP contribution in [0.5, 0.6) is 0 Å². The molecule has 17 heavy (non-hydrogen) atoms. The van der Waals surface area contributed by atoms with Crippen LogP contribution in [-0.2, 0) is 4.79 Å². The highest BCUT2D eigenvalue weighted by atomic mass is 16.4.